The molecule has 1 fully saturated rings. The zero-order valence-electron chi connectivity index (χ0n) is 34.1. The van der Waals surface area contributed by atoms with Crippen LogP contribution in [0.3, 0.4) is 0 Å². The Labute approximate surface area is 340 Å². The molecule has 0 aliphatic carbocycles. The van der Waals surface area contributed by atoms with Crippen LogP contribution in [-0.2, 0) is 17.8 Å². The highest BCUT2D eigenvalue weighted by Crippen LogP contribution is 2.36. The average molecular weight is 818 g/mol. The van der Waals surface area contributed by atoms with Gasteiger partial charge in [-0.2, -0.15) is 5.10 Å². The predicted octanol–water partition coefficient (Wildman–Crippen LogP) is 3.92. The van der Waals surface area contributed by atoms with Gasteiger partial charge in [0.05, 0.1) is 29.9 Å². The number of piperazine rings is 1. The van der Waals surface area contributed by atoms with Gasteiger partial charge in [-0.05, 0) is 65.3 Å². The number of amides is 4. The molecular weight excluding hydrogens is 766 g/mol. The van der Waals surface area contributed by atoms with E-state index in [2.05, 4.69) is 25.6 Å². The number of ether oxygens (including phenoxy) is 3. The fourth-order valence-electron chi connectivity index (χ4n) is 6.49. The Bertz CT molecular complexity index is 2250. The van der Waals surface area contributed by atoms with Crippen LogP contribution in [0.15, 0.2) is 42.5 Å². The zero-order valence-corrected chi connectivity index (χ0v) is 34.1. The van der Waals surface area contributed by atoms with E-state index < -0.39 is 33.9 Å². The molecule has 0 spiro atoms. The summed E-state index contributed by atoms with van der Waals surface area (Å²) in [4.78, 5) is 70.2. The number of carbonyl (C=O) groups excluding carboxylic acids is 4. The molecule has 0 atom stereocenters. The van der Waals surface area contributed by atoms with Crippen LogP contribution in [0.4, 0.5) is 22.1 Å². The quantitative estimate of drug-likeness (QED) is 0.0511. The van der Waals surface area contributed by atoms with E-state index in [0.717, 1.165) is 6.07 Å². The predicted molar refractivity (Wildman–Crippen MR) is 219 cm³/mol. The Morgan fingerprint density at radius 3 is 2.29 bits per heavy atom. The van der Waals surface area contributed by atoms with Gasteiger partial charge in [-0.1, -0.05) is 12.2 Å². The van der Waals surface area contributed by atoms with Gasteiger partial charge in [-0.15, -0.1) is 0 Å². The minimum absolute atomic E-state index is 0.0557. The van der Waals surface area contributed by atoms with E-state index in [1.54, 1.807) is 39.3 Å². The highest BCUT2D eigenvalue weighted by atomic mass is 16.6. The number of nitro benzene ring substituents is 1. The van der Waals surface area contributed by atoms with Gasteiger partial charge in [0.2, 0.25) is 17.8 Å². The molecule has 0 radical (unpaired) electrons. The molecule has 20 nitrogen and oxygen atoms in total. The highest BCUT2D eigenvalue weighted by Gasteiger charge is 2.27. The molecule has 1 aliphatic rings. The van der Waals surface area contributed by atoms with Crippen LogP contribution in [0.25, 0.3) is 11.0 Å². The molecule has 0 unspecified atom stereocenters. The summed E-state index contributed by atoms with van der Waals surface area (Å²) in [6.07, 6.45) is 3.67. The maximum atomic E-state index is 13.5. The van der Waals surface area contributed by atoms with Gasteiger partial charge in [0.15, 0.2) is 5.69 Å². The van der Waals surface area contributed by atoms with Gasteiger partial charge < -0.3 is 40.5 Å². The monoisotopic (exact) mass is 817 g/mol. The second-order valence-corrected chi connectivity index (χ2v) is 14.8. The summed E-state index contributed by atoms with van der Waals surface area (Å²) in [5.41, 5.74) is 12.1. The van der Waals surface area contributed by atoms with Crippen LogP contribution in [0.2, 0.25) is 0 Å². The number of anilines is 2. The van der Waals surface area contributed by atoms with E-state index in [9.17, 15) is 29.3 Å². The number of aryl methyl sites for hydroxylation is 2. The van der Waals surface area contributed by atoms with E-state index in [1.165, 1.54) is 25.3 Å². The molecule has 20 heteroatoms. The standard InChI is InChI=1S/C39H51N11O9/c1-7-49-29(19-24(2)45-49)36(53)44-37-43-27-20-25(34(40)51)23-31(57-6)33(27)48(37)13-9-8-11-42-32-28(50(55)56)21-26(35(41)52)22-30(32)58-18-10-12-46-14-16-47(17-15-46)38(54)59-39(3,4)5/h8-9,19-23,42H,7,10-18H2,1-6H3,(H2,40,51)(H2,41,52)(H,43,44,53). The fourth-order valence-corrected chi connectivity index (χ4v) is 6.49. The van der Waals surface area contributed by atoms with Crippen LogP contribution in [0.1, 0.15) is 71.0 Å². The third-order valence-electron chi connectivity index (χ3n) is 9.28. The smallest absolute Gasteiger partial charge is 0.410 e. The molecule has 1 aliphatic heterocycles. The van der Waals surface area contributed by atoms with Crippen LogP contribution in [0, 0.1) is 17.0 Å². The number of rotatable bonds is 17. The number of allylic oxidation sites excluding steroid dienone is 1. The van der Waals surface area contributed by atoms with Gasteiger partial charge in [0.1, 0.15) is 28.3 Å². The van der Waals surface area contributed by atoms with Crippen molar-refractivity contribution < 1.29 is 38.3 Å². The Hall–Kier alpha value is -6.70. The lowest BCUT2D eigenvalue weighted by Gasteiger charge is -2.35. The molecule has 2 aromatic heterocycles. The number of benzene rings is 2. The van der Waals surface area contributed by atoms with Crippen LogP contribution >= 0.6 is 0 Å². The SMILES string of the molecule is CCn1nc(C)cc1C(=O)Nc1nc2cc(C(N)=O)cc(OC)c2n1CC=CCNc1c(OCCCN2CCN(C(=O)OC(C)(C)C)CC2)cc(C(N)=O)cc1[N+](=O)[O-]. The van der Waals surface area contributed by atoms with E-state index in [0.29, 0.717) is 73.9 Å². The second kappa shape index (κ2) is 18.7. The maximum Gasteiger partial charge on any atom is 0.410 e. The summed E-state index contributed by atoms with van der Waals surface area (Å²) in [6.45, 7) is 13.0. The van der Waals surface area contributed by atoms with Crippen molar-refractivity contribution in [2.45, 2.75) is 59.7 Å². The summed E-state index contributed by atoms with van der Waals surface area (Å²) in [5, 5.41) is 22.5. The summed E-state index contributed by atoms with van der Waals surface area (Å²) in [7, 11) is 1.43. The van der Waals surface area contributed by atoms with Crippen molar-refractivity contribution in [3.05, 3.63) is 75.1 Å². The summed E-state index contributed by atoms with van der Waals surface area (Å²) in [5.74, 6) is -1.46. The number of aromatic nitrogens is 4. The van der Waals surface area contributed by atoms with E-state index in [1.807, 2.05) is 27.7 Å². The minimum Gasteiger partial charge on any atom is -0.494 e. The van der Waals surface area contributed by atoms with Crippen molar-refractivity contribution in [1.29, 1.82) is 0 Å². The Morgan fingerprint density at radius 1 is 0.983 bits per heavy atom. The number of nitrogens with one attached hydrogen (secondary N) is 2. The van der Waals surface area contributed by atoms with E-state index in [4.69, 9.17) is 25.7 Å². The number of fused-ring (bicyclic) bond motifs is 1. The van der Waals surface area contributed by atoms with E-state index >= 15 is 0 Å². The largest absolute Gasteiger partial charge is 0.494 e. The number of imidazole rings is 1. The topological polar surface area (TPSA) is 257 Å². The number of nitrogens with two attached hydrogens (primary N) is 2. The molecule has 3 heterocycles. The molecule has 0 bridgehead atoms. The normalized spacial score (nSPS) is 13.4. The number of primary amides is 2. The number of carbonyl (C=O) groups is 4. The molecular formula is C39H51N11O9. The first-order valence-electron chi connectivity index (χ1n) is 19.1. The first-order chi connectivity index (χ1) is 28.0. The van der Waals surface area contributed by atoms with Crippen molar-refractivity contribution in [3.63, 3.8) is 0 Å². The molecule has 5 rings (SSSR count). The third kappa shape index (κ3) is 10.8. The molecule has 316 valence electrons. The van der Waals surface area contributed by atoms with E-state index in [-0.39, 0.29) is 54.3 Å². The van der Waals surface area contributed by atoms with Crippen molar-refractivity contribution in [3.8, 4) is 11.5 Å². The number of methoxy groups -OCH3 is 1. The summed E-state index contributed by atoms with van der Waals surface area (Å²) >= 11 is 0. The van der Waals surface area contributed by atoms with Crippen LogP contribution in [-0.4, -0.2) is 116 Å². The molecule has 1 saturated heterocycles. The minimum atomic E-state index is -0.852. The van der Waals surface area contributed by atoms with Gasteiger partial charge in [0, 0.05) is 69.6 Å². The van der Waals surface area contributed by atoms with Crippen LogP contribution in [0.5, 0.6) is 11.5 Å². The second-order valence-electron chi connectivity index (χ2n) is 14.8. The lowest BCUT2D eigenvalue weighted by molar-refractivity contribution is -0.384. The zero-order chi connectivity index (χ0) is 43.0. The molecule has 0 saturated carbocycles. The lowest BCUT2D eigenvalue weighted by Crippen LogP contribution is -2.50. The van der Waals surface area contributed by atoms with Crippen molar-refractivity contribution in [1.82, 2.24) is 29.1 Å². The molecule has 4 amide bonds. The third-order valence-corrected chi connectivity index (χ3v) is 9.28. The van der Waals surface area contributed by atoms with Gasteiger partial charge in [-0.25, -0.2) is 9.78 Å². The van der Waals surface area contributed by atoms with Gasteiger partial charge in [0.25, 0.3) is 11.6 Å². The highest BCUT2D eigenvalue weighted by molar-refractivity contribution is 6.04. The fraction of sp³-hybridized carbons (Fsp3) is 0.436. The molecule has 2 aromatic carbocycles. The first-order valence-corrected chi connectivity index (χ1v) is 19.1. The maximum absolute atomic E-state index is 13.5. The van der Waals surface area contributed by atoms with Gasteiger partial charge >= 0.3 is 6.09 Å². The van der Waals surface area contributed by atoms with Crippen molar-refractivity contribution in [2.24, 2.45) is 11.5 Å². The number of hydrogen-bond acceptors (Lipinski definition) is 13. The average Bonchev–Trinajstić information content (AvgIpc) is 3.74. The molecule has 59 heavy (non-hydrogen) atoms. The lowest BCUT2D eigenvalue weighted by atomic mass is 10.1. The van der Waals surface area contributed by atoms with Gasteiger partial charge in [-0.3, -0.25) is 39.4 Å². The molecule has 4 aromatic rings. The van der Waals surface area contributed by atoms with Crippen molar-refractivity contribution in [2.75, 3.05) is 63.6 Å². The molecule has 6 N–H and O–H groups in total. The van der Waals surface area contributed by atoms with Crippen molar-refractivity contribution >= 4 is 52.2 Å². The first kappa shape index (κ1) is 43.4. The number of nitro groups is 1. The number of nitrogens with zero attached hydrogens (tertiary/aromatic N) is 7. The van der Waals surface area contributed by atoms with Crippen LogP contribution < -0.4 is 31.6 Å². The summed E-state index contributed by atoms with van der Waals surface area (Å²) in [6, 6.07) is 7.11. The Kier molecular flexibility index (Phi) is 13.8. The Balaban J connectivity index is 1.30. The number of hydrogen-bond donors (Lipinski definition) is 4. The Morgan fingerprint density at radius 2 is 1.66 bits per heavy atom. The summed E-state index contributed by atoms with van der Waals surface area (Å²) < 4.78 is 20.4.